The Balaban J connectivity index is 1.66. The fraction of sp³-hybridized carbons (Fsp3) is 0.375. The number of carbonyl (C=O) groups is 3. The largest absolute Gasteiger partial charge is 0.323 e. The van der Waals surface area contributed by atoms with Crippen LogP contribution in [0.3, 0.4) is 0 Å². The number of imide groups is 1. The zero-order valence-electron chi connectivity index (χ0n) is 18.4. The van der Waals surface area contributed by atoms with Gasteiger partial charge < -0.3 is 4.90 Å². The lowest BCUT2D eigenvalue weighted by Crippen LogP contribution is -2.51. The monoisotopic (exact) mass is 469 g/mol. The molecule has 4 rings (SSSR count). The van der Waals surface area contributed by atoms with Crippen LogP contribution in [0.1, 0.15) is 54.4 Å². The van der Waals surface area contributed by atoms with Crippen molar-refractivity contribution in [3.8, 4) is 0 Å². The highest BCUT2D eigenvalue weighted by molar-refractivity contribution is 7.89. The smallest absolute Gasteiger partial charge is 0.257 e. The van der Waals surface area contributed by atoms with Gasteiger partial charge in [0.25, 0.3) is 11.8 Å². The maximum absolute atomic E-state index is 13.6. The second-order valence-corrected chi connectivity index (χ2v) is 10.3. The zero-order chi connectivity index (χ0) is 23.8. The topological polar surface area (TPSA) is 118 Å². The van der Waals surface area contributed by atoms with Gasteiger partial charge in [-0.05, 0) is 56.2 Å². The number of hydrogen-bond acceptors (Lipinski definition) is 5. The Labute approximate surface area is 193 Å². The summed E-state index contributed by atoms with van der Waals surface area (Å²) in [6.07, 6.45) is 4.50. The zero-order valence-corrected chi connectivity index (χ0v) is 19.3. The highest BCUT2D eigenvalue weighted by atomic mass is 32.2. The summed E-state index contributed by atoms with van der Waals surface area (Å²) in [6, 6.07) is 11.5. The molecule has 0 spiro atoms. The lowest BCUT2D eigenvalue weighted by atomic mass is 9.92. The van der Waals surface area contributed by atoms with E-state index in [4.69, 9.17) is 5.14 Å². The van der Waals surface area contributed by atoms with Gasteiger partial charge in [-0.3, -0.25) is 14.4 Å². The molecule has 1 aliphatic carbocycles. The van der Waals surface area contributed by atoms with Gasteiger partial charge >= 0.3 is 0 Å². The molecule has 0 radical (unpaired) electrons. The molecule has 2 N–H and O–H groups in total. The van der Waals surface area contributed by atoms with Crippen LogP contribution in [-0.4, -0.2) is 43.1 Å². The summed E-state index contributed by atoms with van der Waals surface area (Å²) in [7, 11) is -3.90. The van der Waals surface area contributed by atoms with Crippen molar-refractivity contribution in [2.24, 2.45) is 5.14 Å². The number of rotatable bonds is 5. The molecule has 174 valence electrons. The summed E-state index contributed by atoms with van der Waals surface area (Å²) >= 11 is 0. The van der Waals surface area contributed by atoms with Gasteiger partial charge in [0.15, 0.2) is 0 Å². The van der Waals surface area contributed by atoms with Gasteiger partial charge in [-0.25, -0.2) is 18.5 Å². The van der Waals surface area contributed by atoms with Gasteiger partial charge in [-0.1, -0.05) is 37.0 Å². The van der Waals surface area contributed by atoms with Crippen LogP contribution in [0.15, 0.2) is 53.4 Å². The van der Waals surface area contributed by atoms with E-state index in [0.29, 0.717) is 5.56 Å². The number of nitrogens with zero attached hydrogens (tertiary/aromatic N) is 2. The van der Waals surface area contributed by atoms with E-state index in [1.54, 1.807) is 17.0 Å². The summed E-state index contributed by atoms with van der Waals surface area (Å²) in [6.45, 7) is 1.94. The van der Waals surface area contributed by atoms with Gasteiger partial charge in [-0.15, -0.1) is 0 Å². The first-order valence-electron chi connectivity index (χ1n) is 11.1. The number of hydrogen-bond donors (Lipinski definition) is 1. The summed E-state index contributed by atoms with van der Waals surface area (Å²) < 4.78 is 23.1. The third-order valence-corrected chi connectivity index (χ3v) is 7.31. The van der Waals surface area contributed by atoms with Crippen molar-refractivity contribution in [3.05, 3.63) is 59.7 Å². The Hall–Kier alpha value is -3.04. The number of aryl methyl sites for hydroxylation is 1. The molecule has 8 nitrogen and oxygen atoms in total. The SMILES string of the molecule is Cc1ccc(C(=O)N(C2CCCCC2)C2CC(=O)N(c3ccc(S(N)(=O)=O)cc3)C2=O)cc1. The number of amides is 3. The minimum atomic E-state index is -3.90. The summed E-state index contributed by atoms with van der Waals surface area (Å²) in [5, 5.41) is 5.14. The standard InChI is InChI=1S/C24H27N3O5S/c1-16-7-9-17(10-8-16)23(29)26(18-5-3-2-4-6-18)21-15-22(28)27(24(21)30)19-11-13-20(14-12-19)33(25,31)32/h7-14,18,21H,2-6,15H2,1H3,(H2,25,31,32). The first kappa shape index (κ1) is 23.1. The van der Waals surface area contributed by atoms with Crippen molar-refractivity contribution in [1.29, 1.82) is 0 Å². The highest BCUT2D eigenvalue weighted by Gasteiger charge is 2.46. The fourth-order valence-electron chi connectivity index (χ4n) is 4.66. The van der Waals surface area contributed by atoms with Crippen molar-refractivity contribution in [3.63, 3.8) is 0 Å². The molecule has 0 bridgehead atoms. The normalized spacial score (nSPS) is 19.7. The van der Waals surface area contributed by atoms with E-state index in [2.05, 4.69) is 0 Å². The molecular weight excluding hydrogens is 442 g/mol. The Bertz CT molecular complexity index is 1170. The quantitative estimate of drug-likeness (QED) is 0.676. The Kier molecular flexibility index (Phi) is 6.36. The number of sulfonamides is 1. The van der Waals surface area contributed by atoms with Crippen molar-refractivity contribution in [2.75, 3.05) is 4.90 Å². The Morgan fingerprint density at radius 3 is 2.15 bits per heavy atom. The molecule has 1 unspecified atom stereocenters. The molecule has 1 saturated carbocycles. The van der Waals surface area contributed by atoms with Crippen molar-refractivity contribution in [1.82, 2.24) is 4.90 Å². The maximum atomic E-state index is 13.6. The second kappa shape index (κ2) is 9.07. The van der Waals surface area contributed by atoms with E-state index < -0.39 is 27.9 Å². The van der Waals surface area contributed by atoms with Crippen LogP contribution in [-0.2, 0) is 19.6 Å². The first-order valence-corrected chi connectivity index (χ1v) is 12.6. The molecule has 2 aliphatic rings. The lowest BCUT2D eigenvalue weighted by molar-refractivity contribution is -0.123. The van der Waals surface area contributed by atoms with E-state index in [-0.39, 0.29) is 29.0 Å². The number of primary sulfonamides is 1. The van der Waals surface area contributed by atoms with E-state index >= 15 is 0 Å². The van der Waals surface area contributed by atoms with Crippen LogP contribution in [0.5, 0.6) is 0 Å². The van der Waals surface area contributed by atoms with Crippen LogP contribution in [0.4, 0.5) is 5.69 Å². The maximum Gasteiger partial charge on any atom is 0.257 e. The number of nitrogens with two attached hydrogens (primary N) is 1. The molecule has 1 aliphatic heterocycles. The number of benzene rings is 2. The Morgan fingerprint density at radius 2 is 1.58 bits per heavy atom. The molecule has 0 aromatic heterocycles. The van der Waals surface area contributed by atoms with Crippen LogP contribution >= 0.6 is 0 Å². The number of carbonyl (C=O) groups excluding carboxylic acids is 3. The van der Waals surface area contributed by atoms with Crippen molar-refractivity contribution >= 4 is 33.4 Å². The second-order valence-electron chi connectivity index (χ2n) is 8.70. The molecule has 3 amide bonds. The predicted octanol–water partition coefficient (Wildman–Crippen LogP) is 2.75. The van der Waals surface area contributed by atoms with Gasteiger partial charge in [0.1, 0.15) is 6.04 Å². The summed E-state index contributed by atoms with van der Waals surface area (Å²) in [5.41, 5.74) is 1.77. The third kappa shape index (κ3) is 4.69. The number of anilines is 1. The lowest BCUT2D eigenvalue weighted by Gasteiger charge is -2.37. The molecule has 1 saturated heterocycles. The van der Waals surface area contributed by atoms with Crippen LogP contribution in [0, 0.1) is 6.92 Å². The van der Waals surface area contributed by atoms with Crippen molar-refractivity contribution in [2.45, 2.75) is 62.4 Å². The van der Waals surface area contributed by atoms with E-state index in [0.717, 1.165) is 42.6 Å². The molecular formula is C24H27N3O5S. The molecule has 33 heavy (non-hydrogen) atoms. The first-order chi connectivity index (χ1) is 15.7. The van der Waals surface area contributed by atoms with Crippen molar-refractivity contribution < 1.29 is 22.8 Å². The van der Waals surface area contributed by atoms with Gasteiger partial charge in [0.05, 0.1) is 17.0 Å². The van der Waals surface area contributed by atoms with Gasteiger partial charge in [0.2, 0.25) is 15.9 Å². The van der Waals surface area contributed by atoms with E-state index in [1.165, 1.54) is 24.3 Å². The van der Waals surface area contributed by atoms with E-state index in [1.807, 2.05) is 19.1 Å². The average Bonchev–Trinajstić information content (AvgIpc) is 3.08. The minimum Gasteiger partial charge on any atom is -0.323 e. The molecule has 2 aromatic carbocycles. The predicted molar refractivity (Wildman–Crippen MR) is 123 cm³/mol. The molecule has 9 heteroatoms. The fourth-order valence-corrected chi connectivity index (χ4v) is 5.17. The molecule has 2 fully saturated rings. The average molecular weight is 470 g/mol. The minimum absolute atomic E-state index is 0.107. The molecule has 1 atom stereocenters. The van der Waals surface area contributed by atoms with Gasteiger partial charge in [0, 0.05) is 11.6 Å². The summed E-state index contributed by atoms with van der Waals surface area (Å²) in [5.74, 6) is -1.15. The Morgan fingerprint density at radius 1 is 0.970 bits per heavy atom. The van der Waals surface area contributed by atoms with E-state index in [9.17, 15) is 22.8 Å². The molecule has 2 aromatic rings. The van der Waals surface area contributed by atoms with Gasteiger partial charge in [-0.2, -0.15) is 0 Å². The third-order valence-electron chi connectivity index (χ3n) is 6.38. The highest BCUT2D eigenvalue weighted by Crippen LogP contribution is 2.32. The molecule has 1 heterocycles. The summed E-state index contributed by atoms with van der Waals surface area (Å²) in [4.78, 5) is 42.4. The van der Waals surface area contributed by atoms with Crippen LogP contribution in [0.2, 0.25) is 0 Å². The van der Waals surface area contributed by atoms with Crippen LogP contribution < -0.4 is 10.0 Å². The van der Waals surface area contributed by atoms with Crippen LogP contribution in [0.25, 0.3) is 0 Å².